The number of anilines is 1. The Kier molecular flexibility index (Phi) is 5.31. The Morgan fingerprint density at radius 2 is 2.04 bits per heavy atom. The van der Waals surface area contributed by atoms with Crippen LogP contribution in [0.1, 0.15) is 22.5 Å². The Balaban J connectivity index is 1.38. The van der Waals surface area contributed by atoms with E-state index < -0.39 is 0 Å². The SMILES string of the molecule is O=C(Nc1ccc(-c2cscn2)cc1)[C@@H]1CCCN(C(=O)c2cccs2)C1. The van der Waals surface area contributed by atoms with Gasteiger partial charge in [0.2, 0.25) is 5.91 Å². The van der Waals surface area contributed by atoms with Gasteiger partial charge in [0, 0.05) is 29.7 Å². The van der Waals surface area contributed by atoms with Crippen LogP contribution < -0.4 is 5.32 Å². The van der Waals surface area contributed by atoms with Gasteiger partial charge in [0.05, 0.1) is 22.0 Å². The summed E-state index contributed by atoms with van der Waals surface area (Å²) in [7, 11) is 0. The van der Waals surface area contributed by atoms with Crippen molar-refractivity contribution in [2.24, 2.45) is 5.92 Å². The van der Waals surface area contributed by atoms with E-state index in [-0.39, 0.29) is 17.7 Å². The molecule has 0 bridgehead atoms. The molecule has 2 amide bonds. The molecule has 1 saturated heterocycles. The van der Waals surface area contributed by atoms with Crippen molar-refractivity contribution in [3.63, 3.8) is 0 Å². The van der Waals surface area contributed by atoms with E-state index in [0.29, 0.717) is 13.1 Å². The van der Waals surface area contributed by atoms with E-state index in [1.165, 1.54) is 11.3 Å². The molecule has 1 fully saturated rings. The zero-order valence-electron chi connectivity index (χ0n) is 14.6. The van der Waals surface area contributed by atoms with E-state index in [1.807, 2.05) is 47.2 Å². The minimum absolute atomic E-state index is 0.0233. The number of amides is 2. The normalized spacial score (nSPS) is 16.9. The summed E-state index contributed by atoms with van der Waals surface area (Å²) in [4.78, 5) is 32.0. The zero-order valence-corrected chi connectivity index (χ0v) is 16.3. The summed E-state index contributed by atoms with van der Waals surface area (Å²) in [5, 5.41) is 6.88. The molecule has 3 heterocycles. The minimum atomic E-state index is -0.180. The van der Waals surface area contributed by atoms with Gasteiger partial charge in [-0.25, -0.2) is 4.98 Å². The van der Waals surface area contributed by atoms with Gasteiger partial charge in [-0.1, -0.05) is 18.2 Å². The number of carbonyl (C=O) groups excluding carboxylic acids is 2. The van der Waals surface area contributed by atoms with E-state index in [2.05, 4.69) is 10.3 Å². The molecule has 2 aromatic heterocycles. The van der Waals surface area contributed by atoms with Crippen LogP contribution in [0.5, 0.6) is 0 Å². The quantitative estimate of drug-likeness (QED) is 0.711. The van der Waals surface area contributed by atoms with Crippen LogP contribution in [0.15, 0.2) is 52.7 Å². The molecule has 27 heavy (non-hydrogen) atoms. The predicted molar refractivity (Wildman–Crippen MR) is 109 cm³/mol. The number of benzene rings is 1. The molecule has 1 aliphatic heterocycles. The summed E-state index contributed by atoms with van der Waals surface area (Å²) in [6.07, 6.45) is 1.65. The van der Waals surface area contributed by atoms with Gasteiger partial charge in [-0.15, -0.1) is 22.7 Å². The number of likely N-dealkylation sites (tertiary alicyclic amines) is 1. The van der Waals surface area contributed by atoms with Crippen molar-refractivity contribution in [2.45, 2.75) is 12.8 Å². The number of nitrogens with one attached hydrogen (secondary N) is 1. The molecule has 1 aliphatic rings. The molecule has 1 N–H and O–H groups in total. The number of aromatic nitrogens is 1. The summed E-state index contributed by atoms with van der Waals surface area (Å²) >= 11 is 3.00. The Labute approximate surface area is 165 Å². The Bertz CT molecular complexity index is 905. The summed E-state index contributed by atoms with van der Waals surface area (Å²) < 4.78 is 0. The molecule has 0 unspecified atom stereocenters. The maximum absolute atomic E-state index is 12.7. The first-order chi connectivity index (χ1) is 13.2. The van der Waals surface area contributed by atoms with Crippen LogP contribution in [0.25, 0.3) is 11.3 Å². The highest BCUT2D eigenvalue weighted by Crippen LogP contribution is 2.24. The van der Waals surface area contributed by atoms with Crippen LogP contribution in [-0.4, -0.2) is 34.8 Å². The molecule has 0 radical (unpaired) electrons. The predicted octanol–water partition coefficient (Wildman–Crippen LogP) is 4.36. The van der Waals surface area contributed by atoms with Crippen molar-refractivity contribution in [2.75, 3.05) is 18.4 Å². The summed E-state index contributed by atoms with van der Waals surface area (Å²) in [5.74, 6) is -0.184. The second-order valence-corrected chi connectivity index (χ2v) is 8.17. The van der Waals surface area contributed by atoms with E-state index in [0.717, 1.165) is 34.7 Å². The molecule has 0 aliphatic carbocycles. The molecule has 0 saturated carbocycles. The zero-order chi connectivity index (χ0) is 18.6. The fraction of sp³-hybridized carbons (Fsp3) is 0.250. The van der Waals surface area contributed by atoms with E-state index >= 15 is 0 Å². The molecule has 1 atom stereocenters. The maximum Gasteiger partial charge on any atom is 0.263 e. The minimum Gasteiger partial charge on any atom is -0.337 e. The van der Waals surface area contributed by atoms with Gasteiger partial charge >= 0.3 is 0 Å². The molecular formula is C20H19N3O2S2. The van der Waals surface area contributed by atoms with Crippen LogP contribution in [0.4, 0.5) is 5.69 Å². The lowest BCUT2D eigenvalue weighted by Gasteiger charge is -2.31. The topological polar surface area (TPSA) is 62.3 Å². The average Bonchev–Trinajstić information content (AvgIpc) is 3.42. The number of piperidine rings is 1. The maximum atomic E-state index is 12.7. The third kappa shape index (κ3) is 4.09. The summed E-state index contributed by atoms with van der Waals surface area (Å²) in [6.45, 7) is 1.18. The van der Waals surface area contributed by atoms with Gasteiger partial charge < -0.3 is 10.2 Å². The van der Waals surface area contributed by atoms with Crippen LogP contribution in [0, 0.1) is 5.92 Å². The Morgan fingerprint density at radius 1 is 1.19 bits per heavy atom. The third-order valence-electron chi connectivity index (χ3n) is 4.69. The lowest BCUT2D eigenvalue weighted by molar-refractivity contribution is -0.121. The monoisotopic (exact) mass is 397 g/mol. The first-order valence-corrected chi connectivity index (χ1v) is 10.7. The fourth-order valence-corrected chi connectivity index (χ4v) is 4.51. The molecule has 4 rings (SSSR count). The van der Waals surface area contributed by atoms with Crippen molar-refractivity contribution in [3.8, 4) is 11.3 Å². The number of nitrogens with zero attached hydrogens (tertiary/aromatic N) is 2. The highest BCUT2D eigenvalue weighted by Gasteiger charge is 2.29. The Morgan fingerprint density at radius 3 is 2.74 bits per heavy atom. The molecule has 0 spiro atoms. The summed E-state index contributed by atoms with van der Waals surface area (Å²) in [5.41, 5.74) is 4.53. The molecular weight excluding hydrogens is 378 g/mol. The number of thiazole rings is 1. The lowest BCUT2D eigenvalue weighted by atomic mass is 9.96. The van der Waals surface area contributed by atoms with Crippen molar-refractivity contribution in [1.29, 1.82) is 0 Å². The van der Waals surface area contributed by atoms with Crippen LogP contribution in [-0.2, 0) is 4.79 Å². The number of carbonyl (C=O) groups is 2. The number of thiophene rings is 1. The standard InChI is InChI=1S/C20H19N3O2S2/c24-19(22-16-7-5-14(6-8-16)17-12-26-13-21-17)15-3-1-9-23(11-15)20(25)18-4-2-10-27-18/h2,4-8,10,12-13,15H,1,3,9,11H2,(H,22,24)/t15-/m1/s1. The number of hydrogen-bond donors (Lipinski definition) is 1. The van der Waals surface area contributed by atoms with Gasteiger partial charge in [0.1, 0.15) is 0 Å². The lowest BCUT2D eigenvalue weighted by Crippen LogP contribution is -2.43. The van der Waals surface area contributed by atoms with Crippen molar-refractivity contribution < 1.29 is 9.59 Å². The van der Waals surface area contributed by atoms with E-state index in [1.54, 1.807) is 21.7 Å². The van der Waals surface area contributed by atoms with Crippen molar-refractivity contribution >= 4 is 40.2 Å². The van der Waals surface area contributed by atoms with E-state index in [4.69, 9.17) is 0 Å². The second-order valence-electron chi connectivity index (χ2n) is 6.51. The second kappa shape index (κ2) is 8.02. The number of hydrogen-bond acceptors (Lipinski definition) is 5. The average molecular weight is 398 g/mol. The fourth-order valence-electron chi connectivity index (χ4n) is 3.26. The van der Waals surface area contributed by atoms with Gasteiger partial charge in [-0.2, -0.15) is 0 Å². The van der Waals surface area contributed by atoms with Crippen molar-refractivity contribution in [1.82, 2.24) is 9.88 Å². The van der Waals surface area contributed by atoms with Crippen LogP contribution in [0.3, 0.4) is 0 Å². The largest absolute Gasteiger partial charge is 0.337 e. The van der Waals surface area contributed by atoms with Gasteiger partial charge in [0.15, 0.2) is 0 Å². The third-order valence-corrected chi connectivity index (χ3v) is 6.14. The van der Waals surface area contributed by atoms with Crippen LogP contribution >= 0.6 is 22.7 Å². The molecule has 7 heteroatoms. The van der Waals surface area contributed by atoms with Crippen LogP contribution in [0.2, 0.25) is 0 Å². The Hall–Kier alpha value is -2.51. The molecule has 138 valence electrons. The highest BCUT2D eigenvalue weighted by molar-refractivity contribution is 7.12. The highest BCUT2D eigenvalue weighted by atomic mass is 32.1. The summed E-state index contributed by atoms with van der Waals surface area (Å²) in [6, 6.07) is 11.4. The van der Waals surface area contributed by atoms with Gasteiger partial charge in [-0.3, -0.25) is 9.59 Å². The van der Waals surface area contributed by atoms with Crippen molar-refractivity contribution in [3.05, 3.63) is 57.5 Å². The van der Waals surface area contributed by atoms with Gasteiger partial charge in [0.25, 0.3) is 5.91 Å². The number of rotatable bonds is 4. The molecule has 3 aromatic rings. The van der Waals surface area contributed by atoms with Gasteiger partial charge in [-0.05, 0) is 36.4 Å². The molecule has 1 aromatic carbocycles. The first kappa shape index (κ1) is 17.9. The smallest absolute Gasteiger partial charge is 0.263 e. The first-order valence-electron chi connectivity index (χ1n) is 8.83. The molecule has 5 nitrogen and oxygen atoms in total. The van der Waals surface area contributed by atoms with E-state index in [9.17, 15) is 9.59 Å².